The Morgan fingerprint density at radius 1 is 1.19 bits per heavy atom. The van der Waals surface area contributed by atoms with E-state index in [-0.39, 0.29) is 11.8 Å². The lowest BCUT2D eigenvalue weighted by Crippen LogP contribution is -2.14. The molecule has 1 fully saturated rings. The summed E-state index contributed by atoms with van der Waals surface area (Å²) in [4.78, 5) is 23.1. The number of hydrogen-bond donors (Lipinski definition) is 2. The SMILES string of the molecule is CNc1ncc(C#Cc2ccc(C)s2)c2cc(NC(=O)C3CC3)ncc12. The Morgan fingerprint density at radius 3 is 2.73 bits per heavy atom. The van der Waals surface area contributed by atoms with Gasteiger partial charge in [-0.2, -0.15) is 0 Å². The van der Waals surface area contributed by atoms with Gasteiger partial charge in [0.2, 0.25) is 5.91 Å². The summed E-state index contributed by atoms with van der Waals surface area (Å²) >= 11 is 1.67. The van der Waals surface area contributed by atoms with Crippen molar-refractivity contribution in [2.45, 2.75) is 19.8 Å². The maximum Gasteiger partial charge on any atom is 0.228 e. The lowest BCUT2D eigenvalue weighted by molar-refractivity contribution is -0.117. The number of aromatic nitrogens is 2. The topological polar surface area (TPSA) is 66.9 Å². The van der Waals surface area contributed by atoms with Gasteiger partial charge in [-0.15, -0.1) is 11.3 Å². The highest BCUT2D eigenvalue weighted by Crippen LogP contribution is 2.31. The van der Waals surface area contributed by atoms with Crippen LogP contribution in [0.25, 0.3) is 10.8 Å². The zero-order chi connectivity index (χ0) is 18.1. The third-order valence-electron chi connectivity index (χ3n) is 4.27. The van der Waals surface area contributed by atoms with Crippen LogP contribution in [0.2, 0.25) is 0 Å². The molecule has 0 radical (unpaired) electrons. The fourth-order valence-corrected chi connectivity index (χ4v) is 3.43. The Kier molecular flexibility index (Phi) is 4.31. The zero-order valence-electron chi connectivity index (χ0n) is 14.6. The summed E-state index contributed by atoms with van der Waals surface area (Å²) in [5.74, 6) is 7.89. The second kappa shape index (κ2) is 6.77. The largest absolute Gasteiger partial charge is 0.373 e. The fourth-order valence-electron chi connectivity index (χ4n) is 2.71. The van der Waals surface area contributed by atoms with Crippen LogP contribution in [0.3, 0.4) is 0 Å². The van der Waals surface area contributed by atoms with E-state index in [9.17, 15) is 4.79 Å². The van der Waals surface area contributed by atoms with Crippen molar-refractivity contribution >= 4 is 39.7 Å². The molecule has 0 atom stereocenters. The van der Waals surface area contributed by atoms with E-state index >= 15 is 0 Å². The number of anilines is 2. The Labute approximate surface area is 155 Å². The summed E-state index contributed by atoms with van der Waals surface area (Å²) in [6.45, 7) is 2.06. The Balaban J connectivity index is 1.75. The first kappa shape index (κ1) is 16.6. The summed E-state index contributed by atoms with van der Waals surface area (Å²) in [6.07, 6.45) is 5.42. The van der Waals surface area contributed by atoms with E-state index in [1.807, 2.05) is 19.2 Å². The summed E-state index contributed by atoms with van der Waals surface area (Å²) in [6, 6.07) is 5.96. The van der Waals surface area contributed by atoms with Crippen LogP contribution in [-0.2, 0) is 4.79 Å². The van der Waals surface area contributed by atoms with Gasteiger partial charge in [0.15, 0.2) is 0 Å². The number of thiophene rings is 1. The zero-order valence-corrected chi connectivity index (χ0v) is 15.4. The minimum absolute atomic E-state index is 0.0430. The molecule has 1 saturated carbocycles. The van der Waals surface area contributed by atoms with Crippen LogP contribution in [-0.4, -0.2) is 22.9 Å². The van der Waals surface area contributed by atoms with Gasteiger partial charge < -0.3 is 10.6 Å². The molecule has 1 aliphatic carbocycles. The molecule has 3 aromatic heterocycles. The molecule has 5 nitrogen and oxygen atoms in total. The minimum Gasteiger partial charge on any atom is -0.373 e. The van der Waals surface area contributed by atoms with Crippen molar-refractivity contribution in [1.82, 2.24) is 9.97 Å². The van der Waals surface area contributed by atoms with E-state index in [1.165, 1.54) is 4.88 Å². The lowest BCUT2D eigenvalue weighted by Gasteiger charge is -2.09. The molecule has 1 aliphatic rings. The lowest BCUT2D eigenvalue weighted by atomic mass is 10.1. The first-order valence-corrected chi connectivity index (χ1v) is 9.31. The average molecular weight is 362 g/mol. The van der Waals surface area contributed by atoms with Crippen molar-refractivity contribution in [3.63, 3.8) is 0 Å². The maximum atomic E-state index is 12.0. The summed E-state index contributed by atoms with van der Waals surface area (Å²) in [5.41, 5.74) is 0.814. The van der Waals surface area contributed by atoms with Crippen LogP contribution >= 0.6 is 11.3 Å². The molecule has 0 spiro atoms. The normalized spacial score (nSPS) is 13.2. The molecular formula is C20H18N4OS. The van der Waals surface area contributed by atoms with E-state index in [0.29, 0.717) is 5.82 Å². The molecule has 1 amide bonds. The maximum absolute atomic E-state index is 12.0. The van der Waals surface area contributed by atoms with Crippen LogP contribution in [0.4, 0.5) is 11.6 Å². The number of nitrogens with one attached hydrogen (secondary N) is 2. The van der Waals surface area contributed by atoms with Crippen LogP contribution < -0.4 is 10.6 Å². The number of carbonyl (C=O) groups is 1. The number of hydrogen-bond acceptors (Lipinski definition) is 5. The minimum atomic E-state index is 0.0430. The van der Waals surface area contributed by atoms with Gasteiger partial charge in [0.05, 0.1) is 10.4 Å². The Morgan fingerprint density at radius 2 is 2.04 bits per heavy atom. The van der Waals surface area contributed by atoms with Gasteiger partial charge in [-0.05, 0) is 38.0 Å². The molecular weight excluding hydrogens is 344 g/mol. The van der Waals surface area contributed by atoms with Gasteiger partial charge in [-0.3, -0.25) is 4.79 Å². The van der Waals surface area contributed by atoms with Crippen LogP contribution in [0.5, 0.6) is 0 Å². The van der Waals surface area contributed by atoms with Crippen molar-refractivity contribution in [2.24, 2.45) is 5.92 Å². The van der Waals surface area contributed by atoms with E-state index in [4.69, 9.17) is 0 Å². The van der Waals surface area contributed by atoms with E-state index in [0.717, 1.165) is 39.9 Å². The van der Waals surface area contributed by atoms with E-state index in [2.05, 4.69) is 45.4 Å². The monoisotopic (exact) mass is 362 g/mol. The highest BCUT2D eigenvalue weighted by atomic mass is 32.1. The molecule has 2 N–H and O–H groups in total. The predicted molar refractivity (Wildman–Crippen MR) is 105 cm³/mol. The summed E-state index contributed by atoms with van der Waals surface area (Å²) in [5, 5.41) is 7.78. The van der Waals surface area contributed by atoms with Crippen LogP contribution in [0.1, 0.15) is 28.2 Å². The number of aryl methyl sites for hydroxylation is 1. The van der Waals surface area contributed by atoms with Crippen molar-refractivity contribution < 1.29 is 4.79 Å². The van der Waals surface area contributed by atoms with Crippen molar-refractivity contribution in [3.05, 3.63) is 45.9 Å². The average Bonchev–Trinajstić information content (AvgIpc) is 3.42. The highest BCUT2D eigenvalue weighted by molar-refractivity contribution is 7.12. The van der Waals surface area contributed by atoms with Gasteiger partial charge in [-0.1, -0.05) is 11.8 Å². The molecule has 0 aromatic carbocycles. The molecule has 0 bridgehead atoms. The summed E-state index contributed by atoms with van der Waals surface area (Å²) in [7, 11) is 1.82. The van der Waals surface area contributed by atoms with Crippen molar-refractivity contribution in [2.75, 3.05) is 17.7 Å². The highest BCUT2D eigenvalue weighted by Gasteiger charge is 2.29. The Hall–Kier alpha value is -2.91. The van der Waals surface area contributed by atoms with Gasteiger partial charge in [0.1, 0.15) is 11.6 Å². The van der Waals surface area contributed by atoms with Gasteiger partial charge in [0.25, 0.3) is 0 Å². The fraction of sp³-hybridized carbons (Fsp3) is 0.250. The smallest absolute Gasteiger partial charge is 0.228 e. The van der Waals surface area contributed by atoms with Crippen LogP contribution in [0.15, 0.2) is 30.6 Å². The number of fused-ring (bicyclic) bond motifs is 1. The number of carbonyl (C=O) groups excluding carboxylic acids is 1. The number of nitrogens with zero attached hydrogens (tertiary/aromatic N) is 2. The van der Waals surface area contributed by atoms with E-state index < -0.39 is 0 Å². The molecule has 130 valence electrons. The summed E-state index contributed by atoms with van der Waals surface area (Å²) < 4.78 is 0. The number of rotatable bonds is 3. The number of pyridine rings is 2. The second-order valence-electron chi connectivity index (χ2n) is 6.31. The van der Waals surface area contributed by atoms with Gasteiger partial charge in [-0.25, -0.2) is 9.97 Å². The molecule has 0 saturated heterocycles. The Bertz CT molecular complexity index is 1060. The molecule has 4 rings (SSSR count). The van der Waals surface area contributed by atoms with Gasteiger partial charge in [0, 0.05) is 41.0 Å². The molecule has 0 aliphatic heterocycles. The number of amides is 1. The molecule has 6 heteroatoms. The quantitative estimate of drug-likeness (QED) is 0.696. The molecule has 0 unspecified atom stereocenters. The molecule has 26 heavy (non-hydrogen) atoms. The first-order chi connectivity index (χ1) is 12.6. The molecule has 3 heterocycles. The van der Waals surface area contributed by atoms with Crippen molar-refractivity contribution in [3.8, 4) is 11.8 Å². The van der Waals surface area contributed by atoms with Gasteiger partial charge >= 0.3 is 0 Å². The van der Waals surface area contributed by atoms with Crippen LogP contribution in [0, 0.1) is 24.7 Å². The second-order valence-corrected chi connectivity index (χ2v) is 7.60. The predicted octanol–water partition coefficient (Wildman–Crippen LogP) is 3.79. The first-order valence-electron chi connectivity index (χ1n) is 8.50. The standard InChI is InChI=1S/C20H18N4OS/c1-12-3-7-15(26-12)8-6-14-10-23-19(21-2)17-11-22-18(9-16(14)17)24-20(25)13-4-5-13/h3,7,9-11,13H,4-5H2,1-2H3,(H,21,23)(H,22,24,25). The van der Waals surface area contributed by atoms with E-state index in [1.54, 1.807) is 23.7 Å². The molecule has 3 aromatic rings. The van der Waals surface area contributed by atoms with Crippen molar-refractivity contribution in [1.29, 1.82) is 0 Å². The third kappa shape index (κ3) is 3.39. The third-order valence-corrected chi connectivity index (χ3v) is 5.19.